The number of guanidine groups is 1. The zero-order chi connectivity index (χ0) is 14.4. The van der Waals surface area contributed by atoms with Crippen LogP contribution in [0.1, 0.15) is 45.4 Å². The number of rotatable bonds is 5. The highest BCUT2D eigenvalue weighted by molar-refractivity contribution is 5.80. The van der Waals surface area contributed by atoms with Crippen LogP contribution >= 0.6 is 0 Å². The molecule has 1 saturated heterocycles. The molecule has 0 bridgehead atoms. The zero-order valence-corrected chi connectivity index (χ0v) is 13.6. The van der Waals surface area contributed by atoms with E-state index < -0.39 is 0 Å². The largest absolute Gasteiger partial charge is 0.357 e. The Kier molecular flexibility index (Phi) is 5.70. The molecule has 20 heavy (non-hydrogen) atoms. The Hall–Kier alpha value is -0.770. The highest BCUT2D eigenvalue weighted by Gasteiger charge is 2.40. The van der Waals surface area contributed by atoms with Crippen molar-refractivity contribution in [1.29, 1.82) is 0 Å². The van der Waals surface area contributed by atoms with E-state index in [2.05, 4.69) is 36.1 Å². The molecule has 1 heterocycles. The Balaban J connectivity index is 1.86. The molecule has 0 aromatic carbocycles. The van der Waals surface area contributed by atoms with E-state index in [-0.39, 0.29) is 0 Å². The molecular formula is C16H32N4. The van der Waals surface area contributed by atoms with E-state index in [1.807, 2.05) is 0 Å². The maximum absolute atomic E-state index is 4.83. The first kappa shape index (κ1) is 15.6. The molecule has 0 unspecified atom stereocenters. The fraction of sp³-hybridized carbons (Fsp3) is 0.938. The molecule has 116 valence electrons. The molecule has 2 aliphatic rings. The molecule has 0 aromatic rings. The van der Waals surface area contributed by atoms with Crippen molar-refractivity contribution < 1.29 is 0 Å². The predicted molar refractivity (Wildman–Crippen MR) is 86.2 cm³/mol. The topological polar surface area (TPSA) is 30.9 Å². The zero-order valence-electron chi connectivity index (χ0n) is 13.6. The lowest BCUT2D eigenvalue weighted by Crippen LogP contribution is -2.41. The van der Waals surface area contributed by atoms with Crippen LogP contribution in [0.3, 0.4) is 0 Å². The van der Waals surface area contributed by atoms with Gasteiger partial charge in [-0.3, -0.25) is 4.99 Å². The lowest BCUT2D eigenvalue weighted by Gasteiger charge is -2.26. The smallest absolute Gasteiger partial charge is 0.193 e. The SMILES string of the molecule is CCNC(=NCCCN(C)C)N1CCC2(CCCC2)C1. The summed E-state index contributed by atoms with van der Waals surface area (Å²) in [6.07, 6.45) is 8.25. The molecule has 0 aromatic heterocycles. The van der Waals surface area contributed by atoms with Gasteiger partial charge in [0.15, 0.2) is 5.96 Å². The standard InChI is InChI=1S/C16H32N4/c1-4-17-15(18-11-7-12-19(2)3)20-13-10-16(14-20)8-5-6-9-16/h4-14H2,1-3H3,(H,17,18). The summed E-state index contributed by atoms with van der Waals surface area (Å²) < 4.78 is 0. The van der Waals surface area contributed by atoms with Crippen molar-refractivity contribution in [3.8, 4) is 0 Å². The second-order valence-electron chi connectivity index (χ2n) is 6.77. The van der Waals surface area contributed by atoms with Crippen molar-refractivity contribution in [1.82, 2.24) is 15.1 Å². The predicted octanol–water partition coefficient (Wildman–Crippen LogP) is 2.17. The average molecular weight is 280 g/mol. The van der Waals surface area contributed by atoms with Gasteiger partial charge < -0.3 is 15.1 Å². The molecule has 2 fully saturated rings. The highest BCUT2D eigenvalue weighted by atomic mass is 15.3. The Bertz CT molecular complexity index is 318. The van der Waals surface area contributed by atoms with E-state index in [0.29, 0.717) is 5.41 Å². The fourth-order valence-electron chi connectivity index (χ4n) is 3.65. The van der Waals surface area contributed by atoms with Crippen LogP contribution in [-0.4, -0.2) is 62.6 Å². The van der Waals surface area contributed by atoms with Gasteiger partial charge in [-0.05, 0) is 58.7 Å². The molecule has 1 spiro atoms. The fourth-order valence-corrected chi connectivity index (χ4v) is 3.65. The Morgan fingerprint density at radius 1 is 1.25 bits per heavy atom. The summed E-state index contributed by atoms with van der Waals surface area (Å²) in [4.78, 5) is 9.56. The lowest BCUT2D eigenvalue weighted by atomic mass is 9.86. The number of aliphatic imine (C=N–C) groups is 1. The van der Waals surface area contributed by atoms with Crippen LogP contribution in [-0.2, 0) is 0 Å². The summed E-state index contributed by atoms with van der Waals surface area (Å²) in [6.45, 7) is 7.61. The highest BCUT2D eigenvalue weighted by Crippen LogP contribution is 2.45. The average Bonchev–Trinajstić information content (AvgIpc) is 3.04. The van der Waals surface area contributed by atoms with Crippen molar-refractivity contribution in [2.24, 2.45) is 10.4 Å². The molecule has 4 nitrogen and oxygen atoms in total. The molecule has 0 amide bonds. The summed E-state index contributed by atoms with van der Waals surface area (Å²) in [6, 6.07) is 0. The molecule has 1 saturated carbocycles. The van der Waals surface area contributed by atoms with Crippen molar-refractivity contribution in [3.05, 3.63) is 0 Å². The van der Waals surface area contributed by atoms with Gasteiger partial charge in [-0.15, -0.1) is 0 Å². The minimum atomic E-state index is 0.625. The van der Waals surface area contributed by atoms with Gasteiger partial charge in [-0.2, -0.15) is 0 Å². The normalized spacial score (nSPS) is 22.2. The third-order valence-corrected chi connectivity index (χ3v) is 4.76. The second-order valence-corrected chi connectivity index (χ2v) is 6.77. The van der Waals surface area contributed by atoms with Gasteiger partial charge in [-0.25, -0.2) is 0 Å². The Morgan fingerprint density at radius 3 is 2.65 bits per heavy atom. The minimum Gasteiger partial charge on any atom is -0.357 e. The van der Waals surface area contributed by atoms with Gasteiger partial charge in [-0.1, -0.05) is 12.8 Å². The molecule has 1 aliphatic heterocycles. The molecule has 1 aliphatic carbocycles. The summed E-state index contributed by atoms with van der Waals surface area (Å²) in [5.74, 6) is 1.15. The van der Waals surface area contributed by atoms with E-state index in [4.69, 9.17) is 4.99 Å². The number of nitrogens with one attached hydrogen (secondary N) is 1. The number of hydrogen-bond acceptors (Lipinski definition) is 2. The summed E-state index contributed by atoms with van der Waals surface area (Å²) in [5, 5.41) is 3.48. The lowest BCUT2D eigenvalue weighted by molar-refractivity contribution is 0.309. The third-order valence-electron chi connectivity index (χ3n) is 4.76. The summed E-state index contributed by atoms with van der Waals surface area (Å²) in [5.41, 5.74) is 0.625. The van der Waals surface area contributed by atoms with Crippen LogP contribution < -0.4 is 5.32 Å². The number of nitrogens with zero attached hydrogens (tertiary/aromatic N) is 3. The number of hydrogen-bond donors (Lipinski definition) is 1. The van der Waals surface area contributed by atoms with Crippen LogP contribution in [0.5, 0.6) is 0 Å². The monoisotopic (exact) mass is 280 g/mol. The molecule has 0 atom stereocenters. The van der Waals surface area contributed by atoms with Gasteiger partial charge in [0.2, 0.25) is 0 Å². The van der Waals surface area contributed by atoms with Gasteiger partial charge >= 0.3 is 0 Å². The quantitative estimate of drug-likeness (QED) is 0.476. The van der Waals surface area contributed by atoms with Crippen molar-refractivity contribution in [2.45, 2.75) is 45.4 Å². The van der Waals surface area contributed by atoms with E-state index in [1.165, 1.54) is 45.2 Å². The Morgan fingerprint density at radius 2 is 2.00 bits per heavy atom. The molecular weight excluding hydrogens is 248 g/mol. The molecule has 1 N–H and O–H groups in total. The van der Waals surface area contributed by atoms with Crippen LogP contribution in [0.2, 0.25) is 0 Å². The summed E-state index contributed by atoms with van der Waals surface area (Å²) >= 11 is 0. The van der Waals surface area contributed by atoms with Crippen LogP contribution in [0.15, 0.2) is 4.99 Å². The Labute approximate surface area is 124 Å². The van der Waals surface area contributed by atoms with Crippen LogP contribution in [0.25, 0.3) is 0 Å². The first-order valence-corrected chi connectivity index (χ1v) is 8.33. The molecule has 4 heteroatoms. The first-order chi connectivity index (χ1) is 9.65. The van der Waals surface area contributed by atoms with Crippen molar-refractivity contribution >= 4 is 5.96 Å². The van der Waals surface area contributed by atoms with Crippen molar-refractivity contribution in [3.63, 3.8) is 0 Å². The second kappa shape index (κ2) is 7.30. The van der Waals surface area contributed by atoms with Gasteiger partial charge in [0.1, 0.15) is 0 Å². The van der Waals surface area contributed by atoms with E-state index >= 15 is 0 Å². The third kappa shape index (κ3) is 4.11. The molecule has 2 rings (SSSR count). The number of likely N-dealkylation sites (tertiary alicyclic amines) is 1. The van der Waals surface area contributed by atoms with Crippen LogP contribution in [0.4, 0.5) is 0 Å². The van der Waals surface area contributed by atoms with E-state index in [1.54, 1.807) is 0 Å². The van der Waals surface area contributed by atoms with Gasteiger partial charge in [0, 0.05) is 26.2 Å². The van der Waals surface area contributed by atoms with Gasteiger partial charge in [0.25, 0.3) is 0 Å². The van der Waals surface area contributed by atoms with Crippen molar-refractivity contribution in [2.75, 3.05) is 46.8 Å². The first-order valence-electron chi connectivity index (χ1n) is 8.33. The summed E-state index contributed by atoms with van der Waals surface area (Å²) in [7, 11) is 4.25. The maximum atomic E-state index is 4.83. The molecule has 0 radical (unpaired) electrons. The van der Waals surface area contributed by atoms with Crippen LogP contribution in [0, 0.1) is 5.41 Å². The minimum absolute atomic E-state index is 0.625. The van der Waals surface area contributed by atoms with E-state index in [9.17, 15) is 0 Å². The van der Waals surface area contributed by atoms with E-state index in [0.717, 1.165) is 32.0 Å². The van der Waals surface area contributed by atoms with Gasteiger partial charge in [0.05, 0.1) is 0 Å². The maximum Gasteiger partial charge on any atom is 0.193 e.